The lowest BCUT2D eigenvalue weighted by Crippen LogP contribution is -2.11. The fourth-order valence-corrected chi connectivity index (χ4v) is 8.09. The highest BCUT2D eigenvalue weighted by molar-refractivity contribution is 6.21. The number of nitrogens with zero attached hydrogens (tertiary/aromatic N) is 2. The lowest BCUT2D eigenvalue weighted by molar-refractivity contribution is 1.18. The zero-order valence-corrected chi connectivity index (χ0v) is 29.7. The van der Waals surface area contributed by atoms with Crippen molar-refractivity contribution < 1.29 is 0 Å². The molecular formula is C52H36N2. The summed E-state index contributed by atoms with van der Waals surface area (Å²) in [6.45, 7) is 0. The minimum atomic E-state index is 1.09. The molecule has 54 heavy (non-hydrogen) atoms. The van der Waals surface area contributed by atoms with Crippen LogP contribution in [-0.4, -0.2) is 4.57 Å². The van der Waals surface area contributed by atoms with Gasteiger partial charge in [0.1, 0.15) is 0 Å². The Kier molecular flexibility index (Phi) is 7.85. The highest BCUT2D eigenvalue weighted by atomic mass is 15.1. The molecular weight excluding hydrogens is 653 g/mol. The quantitative estimate of drug-likeness (QED) is 0.162. The van der Waals surface area contributed by atoms with Crippen LogP contribution in [0.3, 0.4) is 0 Å². The van der Waals surface area contributed by atoms with Crippen LogP contribution in [0, 0.1) is 0 Å². The molecule has 9 aromatic carbocycles. The van der Waals surface area contributed by atoms with Crippen molar-refractivity contribution in [3.05, 3.63) is 218 Å². The van der Waals surface area contributed by atoms with Crippen molar-refractivity contribution in [3.63, 3.8) is 0 Å². The van der Waals surface area contributed by atoms with Gasteiger partial charge in [0.25, 0.3) is 0 Å². The maximum absolute atomic E-state index is 2.46. The molecule has 0 atom stereocenters. The van der Waals surface area contributed by atoms with Crippen molar-refractivity contribution in [2.24, 2.45) is 0 Å². The van der Waals surface area contributed by atoms with E-state index < -0.39 is 0 Å². The maximum Gasteiger partial charge on any atom is 0.0547 e. The number of benzene rings is 9. The average Bonchev–Trinajstić information content (AvgIpc) is 3.60. The lowest BCUT2D eigenvalue weighted by atomic mass is 9.98. The Bertz CT molecular complexity index is 2820. The molecule has 0 amide bonds. The van der Waals surface area contributed by atoms with Crippen LogP contribution in [0.4, 0.5) is 17.1 Å². The van der Waals surface area contributed by atoms with Crippen LogP contribution in [0.25, 0.3) is 71.6 Å². The summed E-state index contributed by atoms with van der Waals surface area (Å²) in [6.07, 6.45) is 0. The predicted molar refractivity (Wildman–Crippen MR) is 229 cm³/mol. The minimum Gasteiger partial charge on any atom is -0.310 e. The van der Waals surface area contributed by atoms with E-state index in [0.29, 0.717) is 0 Å². The molecule has 1 heterocycles. The van der Waals surface area contributed by atoms with Gasteiger partial charge < -0.3 is 9.47 Å². The van der Waals surface area contributed by atoms with Gasteiger partial charge in [-0.25, -0.2) is 0 Å². The highest BCUT2D eigenvalue weighted by Gasteiger charge is 2.22. The van der Waals surface area contributed by atoms with E-state index in [1.165, 1.54) is 54.8 Å². The van der Waals surface area contributed by atoms with Crippen molar-refractivity contribution in [2.45, 2.75) is 0 Å². The molecule has 2 nitrogen and oxygen atoms in total. The van der Waals surface area contributed by atoms with E-state index in [2.05, 4.69) is 228 Å². The van der Waals surface area contributed by atoms with Crippen LogP contribution in [0.15, 0.2) is 218 Å². The topological polar surface area (TPSA) is 8.17 Å². The summed E-state index contributed by atoms with van der Waals surface area (Å²) >= 11 is 0. The van der Waals surface area contributed by atoms with Gasteiger partial charge in [0.05, 0.1) is 22.4 Å². The Hall–Kier alpha value is -7.16. The van der Waals surface area contributed by atoms with Gasteiger partial charge in [-0.1, -0.05) is 170 Å². The van der Waals surface area contributed by atoms with E-state index in [4.69, 9.17) is 0 Å². The molecule has 0 saturated carbocycles. The zero-order chi connectivity index (χ0) is 35.8. The number of para-hydroxylation sites is 3. The molecule has 1 aromatic heterocycles. The van der Waals surface area contributed by atoms with Crippen LogP contribution in [0.5, 0.6) is 0 Å². The summed E-state index contributed by atoms with van der Waals surface area (Å²) in [5, 5.41) is 5.06. The third kappa shape index (κ3) is 5.44. The molecule has 0 radical (unpaired) electrons. The van der Waals surface area contributed by atoms with Gasteiger partial charge in [0, 0.05) is 33.3 Å². The van der Waals surface area contributed by atoms with Crippen molar-refractivity contribution >= 4 is 49.6 Å². The first-order valence-corrected chi connectivity index (χ1v) is 18.5. The molecule has 0 aliphatic heterocycles. The highest BCUT2D eigenvalue weighted by Crippen LogP contribution is 2.45. The van der Waals surface area contributed by atoms with Crippen molar-refractivity contribution in [3.8, 4) is 39.1 Å². The van der Waals surface area contributed by atoms with Gasteiger partial charge >= 0.3 is 0 Å². The Morgan fingerprint density at radius 2 is 0.815 bits per heavy atom. The molecule has 10 aromatic rings. The first-order chi connectivity index (χ1) is 26.8. The SMILES string of the molecule is c1ccc(-c2ccc(N(c3ccc(-c4ccccc4)cc3)c3ccccc3-c3ccccc3-n3c4ccccc4c4c5ccccc5ccc43)cc2)cc1. The number of hydrogen-bond acceptors (Lipinski definition) is 1. The second kappa shape index (κ2) is 13.4. The summed E-state index contributed by atoms with van der Waals surface area (Å²) in [5.41, 5.74) is 13.9. The van der Waals surface area contributed by atoms with E-state index >= 15 is 0 Å². The first-order valence-electron chi connectivity index (χ1n) is 18.5. The first kappa shape index (κ1) is 31.6. The standard InChI is InChI=1S/C52H36N2/c1-3-15-37(16-4-1)39-27-32-42(33-28-39)53(43-34-29-40(30-35-43)38-17-5-2-6-18-38)48-24-12-9-21-45(48)46-22-10-13-25-49(46)54-50-26-14-11-23-47(50)52-44-20-8-7-19-41(44)31-36-51(52)54/h1-36H. The number of fused-ring (bicyclic) bond motifs is 5. The summed E-state index contributed by atoms with van der Waals surface area (Å²) in [5.74, 6) is 0. The zero-order valence-electron chi connectivity index (χ0n) is 29.7. The number of aromatic nitrogens is 1. The van der Waals surface area contributed by atoms with Crippen LogP contribution in [0.1, 0.15) is 0 Å². The van der Waals surface area contributed by atoms with Crippen molar-refractivity contribution in [1.29, 1.82) is 0 Å². The number of hydrogen-bond donors (Lipinski definition) is 0. The third-order valence-corrected chi connectivity index (χ3v) is 10.6. The predicted octanol–water partition coefficient (Wildman–Crippen LogP) is 14.4. The molecule has 254 valence electrons. The third-order valence-electron chi connectivity index (χ3n) is 10.6. The molecule has 2 heteroatoms. The van der Waals surface area contributed by atoms with Crippen molar-refractivity contribution in [2.75, 3.05) is 4.90 Å². The summed E-state index contributed by atoms with van der Waals surface area (Å²) in [6, 6.07) is 78.8. The summed E-state index contributed by atoms with van der Waals surface area (Å²) < 4.78 is 2.46. The van der Waals surface area contributed by atoms with Crippen LogP contribution < -0.4 is 4.90 Å². The van der Waals surface area contributed by atoms with Gasteiger partial charge in [0.15, 0.2) is 0 Å². The van der Waals surface area contributed by atoms with Crippen LogP contribution >= 0.6 is 0 Å². The van der Waals surface area contributed by atoms with Crippen LogP contribution in [-0.2, 0) is 0 Å². The minimum absolute atomic E-state index is 1.09. The Labute approximate surface area is 315 Å². The van der Waals surface area contributed by atoms with Gasteiger partial charge in [-0.15, -0.1) is 0 Å². The summed E-state index contributed by atoms with van der Waals surface area (Å²) in [7, 11) is 0. The molecule has 0 N–H and O–H groups in total. The Morgan fingerprint density at radius 3 is 1.48 bits per heavy atom. The number of rotatable bonds is 7. The molecule has 0 fully saturated rings. The average molecular weight is 689 g/mol. The van der Waals surface area contributed by atoms with E-state index in [0.717, 1.165) is 33.9 Å². The number of anilines is 3. The van der Waals surface area contributed by atoms with E-state index in [1.54, 1.807) is 0 Å². The van der Waals surface area contributed by atoms with E-state index in [-0.39, 0.29) is 0 Å². The van der Waals surface area contributed by atoms with Gasteiger partial charge in [-0.2, -0.15) is 0 Å². The van der Waals surface area contributed by atoms with E-state index in [9.17, 15) is 0 Å². The van der Waals surface area contributed by atoms with Gasteiger partial charge in [-0.05, 0) is 81.6 Å². The molecule has 0 unspecified atom stereocenters. The second-order valence-electron chi connectivity index (χ2n) is 13.7. The molecule has 10 rings (SSSR count). The Morgan fingerprint density at radius 1 is 0.315 bits per heavy atom. The fourth-order valence-electron chi connectivity index (χ4n) is 8.09. The van der Waals surface area contributed by atoms with Crippen molar-refractivity contribution in [1.82, 2.24) is 4.57 Å². The Balaban J connectivity index is 1.18. The van der Waals surface area contributed by atoms with Gasteiger partial charge in [-0.3, -0.25) is 0 Å². The summed E-state index contributed by atoms with van der Waals surface area (Å²) in [4.78, 5) is 2.40. The molecule has 0 aliphatic rings. The molecule has 0 spiro atoms. The lowest BCUT2D eigenvalue weighted by Gasteiger charge is -2.29. The monoisotopic (exact) mass is 688 g/mol. The maximum atomic E-state index is 2.46. The molecule has 0 saturated heterocycles. The smallest absolute Gasteiger partial charge is 0.0547 e. The van der Waals surface area contributed by atoms with E-state index in [1.807, 2.05) is 0 Å². The van der Waals surface area contributed by atoms with Crippen LogP contribution in [0.2, 0.25) is 0 Å². The molecule has 0 aliphatic carbocycles. The largest absolute Gasteiger partial charge is 0.310 e. The van der Waals surface area contributed by atoms with Gasteiger partial charge in [0.2, 0.25) is 0 Å². The fraction of sp³-hybridized carbons (Fsp3) is 0. The normalized spacial score (nSPS) is 11.3. The molecule has 0 bridgehead atoms. The second-order valence-corrected chi connectivity index (χ2v) is 13.7.